The van der Waals surface area contributed by atoms with E-state index in [1.165, 1.54) is 0 Å². The van der Waals surface area contributed by atoms with Crippen molar-refractivity contribution in [3.8, 4) is 5.75 Å². The summed E-state index contributed by atoms with van der Waals surface area (Å²) < 4.78 is 1.03. The van der Waals surface area contributed by atoms with Gasteiger partial charge >= 0.3 is 0 Å². The number of rotatable bonds is 2. The molecule has 0 heterocycles. The van der Waals surface area contributed by atoms with Crippen LogP contribution in [0.3, 0.4) is 0 Å². The van der Waals surface area contributed by atoms with Crippen molar-refractivity contribution >= 4 is 22.6 Å². The van der Waals surface area contributed by atoms with Crippen LogP contribution >= 0.6 is 22.6 Å². The van der Waals surface area contributed by atoms with Crippen LogP contribution in [0.15, 0.2) is 18.2 Å². The zero-order valence-electron chi connectivity index (χ0n) is 6.92. The lowest BCUT2D eigenvalue weighted by Gasteiger charge is -2.11. The highest BCUT2D eigenvalue weighted by atomic mass is 127. The topological polar surface area (TPSA) is 46.2 Å². The van der Waals surface area contributed by atoms with Crippen molar-refractivity contribution in [3.05, 3.63) is 27.3 Å². The molecule has 2 nitrogen and oxygen atoms in total. The standard InChI is InChI=1S/C9H12INO/c1-2-9(11)7-4-3-6(12)5-8(7)10/h3-5,9,12H,2,11H2,1H3. The van der Waals surface area contributed by atoms with Crippen LogP contribution in [-0.2, 0) is 0 Å². The zero-order chi connectivity index (χ0) is 9.14. The van der Waals surface area contributed by atoms with Gasteiger partial charge in [0.1, 0.15) is 5.75 Å². The summed E-state index contributed by atoms with van der Waals surface area (Å²) in [5.74, 6) is 0.298. The summed E-state index contributed by atoms with van der Waals surface area (Å²) in [5, 5.41) is 9.15. The van der Waals surface area contributed by atoms with Crippen molar-refractivity contribution in [2.24, 2.45) is 5.73 Å². The van der Waals surface area contributed by atoms with Gasteiger partial charge in [0.15, 0.2) is 0 Å². The van der Waals surface area contributed by atoms with Gasteiger partial charge in [-0.05, 0) is 46.7 Å². The Labute approximate surface area is 85.9 Å². The van der Waals surface area contributed by atoms with Gasteiger partial charge in [-0.15, -0.1) is 0 Å². The number of aromatic hydroxyl groups is 1. The second kappa shape index (κ2) is 4.09. The molecule has 0 saturated heterocycles. The third-order valence-corrected chi connectivity index (χ3v) is 2.76. The monoisotopic (exact) mass is 277 g/mol. The normalized spacial score (nSPS) is 12.9. The minimum Gasteiger partial charge on any atom is -0.508 e. The van der Waals surface area contributed by atoms with Crippen molar-refractivity contribution < 1.29 is 5.11 Å². The number of halogens is 1. The predicted molar refractivity (Wildman–Crippen MR) is 58.0 cm³/mol. The van der Waals surface area contributed by atoms with Gasteiger partial charge in [-0.25, -0.2) is 0 Å². The fourth-order valence-corrected chi connectivity index (χ4v) is 1.94. The fourth-order valence-electron chi connectivity index (χ4n) is 1.04. The first-order chi connectivity index (χ1) is 5.65. The number of phenolic OH excluding ortho intramolecular Hbond substituents is 1. The van der Waals surface area contributed by atoms with E-state index in [9.17, 15) is 0 Å². The van der Waals surface area contributed by atoms with Gasteiger partial charge in [0.2, 0.25) is 0 Å². The van der Waals surface area contributed by atoms with Crippen LogP contribution in [0, 0.1) is 3.57 Å². The van der Waals surface area contributed by atoms with E-state index in [0.717, 1.165) is 15.6 Å². The Kier molecular flexibility index (Phi) is 3.34. The van der Waals surface area contributed by atoms with Crippen LogP contribution in [0.5, 0.6) is 5.75 Å². The molecule has 0 amide bonds. The molecule has 0 aliphatic carbocycles. The minimum absolute atomic E-state index is 0.0810. The van der Waals surface area contributed by atoms with E-state index in [2.05, 4.69) is 22.6 Å². The average Bonchev–Trinajstić information content (AvgIpc) is 2.03. The summed E-state index contributed by atoms with van der Waals surface area (Å²) in [6.45, 7) is 2.05. The molecule has 1 aromatic carbocycles. The predicted octanol–water partition coefficient (Wildman–Crippen LogP) is 2.41. The van der Waals surface area contributed by atoms with Gasteiger partial charge in [-0.2, -0.15) is 0 Å². The summed E-state index contributed by atoms with van der Waals surface area (Å²) >= 11 is 2.18. The molecular formula is C9H12INO. The molecular weight excluding hydrogens is 265 g/mol. The van der Waals surface area contributed by atoms with Crippen LogP contribution in [-0.4, -0.2) is 5.11 Å². The van der Waals surface area contributed by atoms with Crippen LogP contribution in [0.2, 0.25) is 0 Å². The SMILES string of the molecule is CCC(N)c1ccc(O)cc1I. The Balaban J connectivity index is 3.01. The lowest BCUT2D eigenvalue weighted by molar-refractivity contribution is 0.474. The molecule has 0 aromatic heterocycles. The average molecular weight is 277 g/mol. The molecule has 0 bridgehead atoms. The van der Waals surface area contributed by atoms with Crippen LogP contribution < -0.4 is 5.73 Å². The van der Waals surface area contributed by atoms with Crippen molar-refractivity contribution in [2.45, 2.75) is 19.4 Å². The molecule has 1 rings (SSSR count). The molecule has 0 radical (unpaired) electrons. The fraction of sp³-hybridized carbons (Fsp3) is 0.333. The van der Waals surface area contributed by atoms with E-state index in [1.807, 2.05) is 13.0 Å². The number of nitrogens with two attached hydrogens (primary N) is 1. The first-order valence-corrected chi connectivity index (χ1v) is 4.97. The van der Waals surface area contributed by atoms with Crippen molar-refractivity contribution in [1.29, 1.82) is 0 Å². The summed E-state index contributed by atoms with van der Waals surface area (Å²) in [5.41, 5.74) is 6.97. The second-order valence-corrected chi connectivity index (χ2v) is 3.88. The molecule has 0 aliphatic heterocycles. The van der Waals surface area contributed by atoms with Gasteiger partial charge in [0, 0.05) is 9.61 Å². The Hall–Kier alpha value is -0.290. The number of hydrogen-bond donors (Lipinski definition) is 2. The number of phenols is 1. The van der Waals surface area contributed by atoms with Crippen LogP contribution in [0.1, 0.15) is 24.9 Å². The third kappa shape index (κ3) is 2.10. The highest BCUT2D eigenvalue weighted by Crippen LogP contribution is 2.24. The lowest BCUT2D eigenvalue weighted by Crippen LogP contribution is -2.09. The lowest BCUT2D eigenvalue weighted by atomic mass is 10.1. The number of benzene rings is 1. The van der Waals surface area contributed by atoms with E-state index in [1.54, 1.807) is 12.1 Å². The Morgan fingerprint density at radius 2 is 2.25 bits per heavy atom. The molecule has 0 spiro atoms. The Morgan fingerprint density at radius 3 is 2.75 bits per heavy atom. The van der Waals surface area contributed by atoms with E-state index in [0.29, 0.717) is 5.75 Å². The quantitative estimate of drug-likeness (QED) is 0.815. The van der Waals surface area contributed by atoms with Crippen molar-refractivity contribution in [2.75, 3.05) is 0 Å². The van der Waals surface area contributed by atoms with E-state index in [-0.39, 0.29) is 6.04 Å². The van der Waals surface area contributed by atoms with Gasteiger partial charge < -0.3 is 10.8 Å². The maximum Gasteiger partial charge on any atom is 0.116 e. The summed E-state index contributed by atoms with van der Waals surface area (Å²) in [7, 11) is 0. The van der Waals surface area contributed by atoms with Crippen molar-refractivity contribution in [1.82, 2.24) is 0 Å². The van der Waals surface area contributed by atoms with E-state index in [4.69, 9.17) is 10.8 Å². The first-order valence-electron chi connectivity index (χ1n) is 3.89. The van der Waals surface area contributed by atoms with Gasteiger partial charge in [-0.1, -0.05) is 13.0 Å². The molecule has 1 unspecified atom stereocenters. The molecule has 1 aromatic rings. The van der Waals surface area contributed by atoms with Gasteiger partial charge in [0.05, 0.1) is 0 Å². The molecule has 66 valence electrons. The Bertz CT molecular complexity index is 275. The summed E-state index contributed by atoms with van der Waals surface area (Å²) in [6, 6.07) is 5.36. The smallest absolute Gasteiger partial charge is 0.116 e. The van der Waals surface area contributed by atoms with Crippen LogP contribution in [0.25, 0.3) is 0 Å². The van der Waals surface area contributed by atoms with Gasteiger partial charge in [0.25, 0.3) is 0 Å². The van der Waals surface area contributed by atoms with Gasteiger partial charge in [-0.3, -0.25) is 0 Å². The molecule has 3 N–H and O–H groups in total. The molecule has 0 aliphatic rings. The Morgan fingerprint density at radius 1 is 1.58 bits per heavy atom. The molecule has 1 atom stereocenters. The van der Waals surface area contributed by atoms with E-state index < -0.39 is 0 Å². The maximum absolute atomic E-state index is 9.15. The largest absolute Gasteiger partial charge is 0.508 e. The highest BCUT2D eigenvalue weighted by Gasteiger charge is 2.07. The molecule has 0 fully saturated rings. The minimum atomic E-state index is 0.0810. The second-order valence-electron chi connectivity index (χ2n) is 2.72. The zero-order valence-corrected chi connectivity index (χ0v) is 9.08. The van der Waals surface area contributed by atoms with Crippen molar-refractivity contribution in [3.63, 3.8) is 0 Å². The van der Waals surface area contributed by atoms with Crippen LogP contribution in [0.4, 0.5) is 0 Å². The molecule has 12 heavy (non-hydrogen) atoms. The number of hydrogen-bond acceptors (Lipinski definition) is 2. The summed E-state index contributed by atoms with van der Waals surface area (Å²) in [4.78, 5) is 0. The summed E-state index contributed by atoms with van der Waals surface area (Å²) in [6.07, 6.45) is 0.917. The molecule has 3 heteroatoms. The third-order valence-electron chi connectivity index (χ3n) is 1.82. The highest BCUT2D eigenvalue weighted by molar-refractivity contribution is 14.1. The van der Waals surface area contributed by atoms with E-state index >= 15 is 0 Å². The maximum atomic E-state index is 9.15. The first kappa shape index (κ1) is 9.80. The molecule has 0 saturated carbocycles.